The van der Waals surface area contributed by atoms with Crippen LogP contribution in [0, 0.1) is 0 Å². The fourth-order valence-electron chi connectivity index (χ4n) is 0. The maximum atomic E-state index is 8.93. The Morgan fingerprint density at radius 3 is 1.80 bits per heavy atom. The molecule has 34 valence electrons. The molecule has 0 aromatic heterocycles. The second-order valence-corrected chi connectivity index (χ2v) is 1.51. The third kappa shape index (κ3) is 216. The maximum absolute atomic E-state index is 8.93. The van der Waals surface area contributed by atoms with E-state index in [0.29, 0.717) is 0 Å². The summed E-state index contributed by atoms with van der Waals surface area (Å²) in [5, 5.41) is 0. The van der Waals surface area contributed by atoms with E-state index < -0.39 is 9.64 Å². The van der Waals surface area contributed by atoms with Crippen LogP contribution in [0.1, 0.15) is 7.43 Å². The second kappa shape index (κ2) is 4.33. The van der Waals surface area contributed by atoms with Crippen molar-refractivity contribution in [2.24, 2.45) is 0 Å². The molecule has 0 rings (SSSR count). The van der Waals surface area contributed by atoms with Crippen molar-refractivity contribution in [2.45, 2.75) is 7.43 Å². The van der Waals surface area contributed by atoms with Gasteiger partial charge in [-0.2, -0.15) is 0 Å². The Bertz CT molecular complexity index is 56.0. The molecule has 0 aliphatic heterocycles. The topological polar surface area (TPSA) is 37.3 Å². The first-order chi connectivity index (χ1) is 1.73. The Morgan fingerprint density at radius 1 is 1.80 bits per heavy atom. The van der Waals surface area contributed by atoms with Gasteiger partial charge in [0.1, 0.15) is 0 Å². The molecule has 5 heavy (non-hydrogen) atoms. The molecular formula is CH5O2S2-. The van der Waals surface area contributed by atoms with E-state index in [1.807, 2.05) is 0 Å². The Kier molecular flexibility index (Phi) is 7.80. The normalized spacial score (nSPS) is 6.80. The predicted molar refractivity (Wildman–Crippen MR) is 24.8 cm³/mol. The van der Waals surface area contributed by atoms with Gasteiger partial charge in [0.2, 0.25) is 0 Å². The third-order valence-corrected chi connectivity index (χ3v) is 0. The zero-order chi connectivity index (χ0) is 3.58. The van der Waals surface area contributed by atoms with E-state index in [1.165, 1.54) is 0 Å². The molecule has 0 aromatic rings. The quantitative estimate of drug-likeness (QED) is 0.367. The molecule has 2 nitrogen and oxygen atoms in total. The SMILES string of the molecule is C.O=[S-](O)=S. The van der Waals surface area contributed by atoms with Gasteiger partial charge in [0.15, 0.2) is 0 Å². The smallest absolute Gasteiger partial charge is 0.0776 e. The molecule has 0 aromatic carbocycles. The van der Waals surface area contributed by atoms with Crippen LogP contribution < -0.4 is 0 Å². The lowest BCUT2D eigenvalue weighted by Crippen LogP contribution is -1.51. The molecule has 0 bridgehead atoms. The Morgan fingerprint density at radius 2 is 1.80 bits per heavy atom. The molecule has 0 saturated carbocycles. The standard InChI is InChI=1S/CH4.HO2S2/c;1-4(2)3/h1H4;(H,1,2,3)/q;-1. The fourth-order valence-corrected chi connectivity index (χ4v) is 0. The lowest BCUT2D eigenvalue weighted by Gasteiger charge is -1.66. The van der Waals surface area contributed by atoms with Crippen LogP contribution in [-0.4, -0.2) is 4.55 Å². The van der Waals surface area contributed by atoms with Crippen molar-refractivity contribution in [2.75, 3.05) is 0 Å². The fraction of sp³-hybridized carbons (Fsp3) is 1.00. The zero-order valence-corrected chi connectivity index (χ0v) is 3.30. The number of hydrogen-bond donors (Lipinski definition) is 1. The van der Waals surface area contributed by atoms with Gasteiger partial charge in [0.25, 0.3) is 0 Å². The first kappa shape index (κ1) is 9.01. The minimum atomic E-state index is -2.03. The van der Waals surface area contributed by atoms with E-state index in [-0.39, 0.29) is 7.43 Å². The van der Waals surface area contributed by atoms with Crippen LogP contribution in [0.4, 0.5) is 0 Å². The number of hydrogen-bond acceptors (Lipinski definition) is 3. The molecule has 0 unspecified atom stereocenters. The van der Waals surface area contributed by atoms with E-state index in [1.54, 1.807) is 0 Å². The minimum Gasteiger partial charge on any atom is -0.459 e. The lowest BCUT2D eigenvalue weighted by atomic mass is 12.0. The lowest BCUT2D eigenvalue weighted by molar-refractivity contribution is 0.536. The van der Waals surface area contributed by atoms with Crippen LogP contribution in [0.2, 0.25) is 0 Å². The van der Waals surface area contributed by atoms with E-state index in [9.17, 15) is 0 Å². The van der Waals surface area contributed by atoms with Crippen LogP contribution in [0.15, 0.2) is 0 Å². The average molecular weight is 113 g/mol. The molecule has 0 aliphatic rings. The average Bonchev–Trinajstić information content (AvgIpc) is 0.811. The summed E-state index contributed by atoms with van der Waals surface area (Å²) in [7, 11) is -2.03. The molecule has 0 saturated heterocycles. The van der Waals surface area contributed by atoms with Crippen LogP contribution >= 0.6 is 0 Å². The molecule has 0 atom stereocenters. The molecule has 4 heteroatoms. The first-order valence-electron chi connectivity index (χ1n) is 0.516. The molecule has 1 N–H and O–H groups in total. The Balaban J connectivity index is 0. The molecule has 0 spiro atoms. The van der Waals surface area contributed by atoms with Crippen molar-refractivity contribution in [1.82, 2.24) is 0 Å². The second-order valence-electron chi connectivity index (χ2n) is 0.217. The Labute approximate surface area is 37.7 Å². The predicted octanol–water partition coefficient (Wildman–Crippen LogP) is 0.521. The summed E-state index contributed by atoms with van der Waals surface area (Å²) in [4.78, 5) is 0. The van der Waals surface area contributed by atoms with Gasteiger partial charge < -0.3 is 8.76 Å². The first-order valence-corrected chi connectivity index (χ1v) is 2.55. The molecule has 0 aliphatic carbocycles. The summed E-state index contributed by atoms with van der Waals surface area (Å²) in [6.45, 7) is 0. The third-order valence-electron chi connectivity index (χ3n) is 0. The minimum absolute atomic E-state index is 0. The number of rotatable bonds is 0. The van der Waals surface area contributed by atoms with Crippen molar-refractivity contribution < 1.29 is 8.76 Å². The molecular weight excluding hydrogens is 108 g/mol. The van der Waals surface area contributed by atoms with Crippen LogP contribution in [0.25, 0.3) is 0 Å². The largest absolute Gasteiger partial charge is 0.459 e. The van der Waals surface area contributed by atoms with Crippen molar-refractivity contribution in [1.29, 1.82) is 0 Å². The van der Waals surface area contributed by atoms with E-state index in [2.05, 4.69) is 11.2 Å². The van der Waals surface area contributed by atoms with Crippen molar-refractivity contribution in [3.63, 3.8) is 0 Å². The Hall–Kier alpha value is 0.330. The highest BCUT2D eigenvalue weighted by atomic mass is 32.8. The van der Waals surface area contributed by atoms with Crippen molar-refractivity contribution >= 4 is 20.8 Å². The summed E-state index contributed by atoms with van der Waals surface area (Å²) in [6.07, 6.45) is 0. The zero-order valence-electron chi connectivity index (χ0n) is 1.67. The van der Waals surface area contributed by atoms with Gasteiger partial charge in [-0.25, -0.2) is 11.2 Å². The van der Waals surface area contributed by atoms with Crippen LogP contribution in [0.3, 0.4) is 0 Å². The van der Waals surface area contributed by atoms with Gasteiger partial charge >= 0.3 is 0 Å². The summed E-state index contributed by atoms with van der Waals surface area (Å²) < 4.78 is 16.3. The van der Waals surface area contributed by atoms with Gasteiger partial charge in [-0.1, -0.05) is 17.1 Å². The van der Waals surface area contributed by atoms with Gasteiger partial charge in [-0.15, -0.1) is 0 Å². The van der Waals surface area contributed by atoms with E-state index in [0.717, 1.165) is 0 Å². The van der Waals surface area contributed by atoms with Crippen LogP contribution in [0.5, 0.6) is 0 Å². The van der Waals surface area contributed by atoms with Crippen LogP contribution in [-0.2, 0) is 25.0 Å². The molecule has 0 heterocycles. The van der Waals surface area contributed by atoms with Gasteiger partial charge in [-0.3, -0.25) is 0 Å². The van der Waals surface area contributed by atoms with E-state index in [4.69, 9.17) is 8.76 Å². The molecule has 0 radical (unpaired) electrons. The highest BCUT2D eigenvalue weighted by Crippen LogP contribution is 1.33. The van der Waals surface area contributed by atoms with Gasteiger partial charge in [0, 0.05) is 0 Å². The summed E-state index contributed by atoms with van der Waals surface area (Å²) in [6, 6.07) is 0. The highest BCUT2D eigenvalue weighted by Gasteiger charge is 1.19. The molecule has 0 amide bonds. The van der Waals surface area contributed by atoms with E-state index >= 15 is 0 Å². The monoisotopic (exact) mass is 113 g/mol. The highest BCUT2D eigenvalue weighted by molar-refractivity contribution is 8.18. The maximum Gasteiger partial charge on any atom is -0.0776 e. The summed E-state index contributed by atoms with van der Waals surface area (Å²) >= 11 is 3.65. The van der Waals surface area contributed by atoms with Crippen molar-refractivity contribution in [3.8, 4) is 0 Å². The van der Waals surface area contributed by atoms with Gasteiger partial charge in [-0.05, 0) is 0 Å². The van der Waals surface area contributed by atoms with Crippen molar-refractivity contribution in [3.05, 3.63) is 0 Å². The summed E-state index contributed by atoms with van der Waals surface area (Å²) in [5.74, 6) is 0. The summed E-state index contributed by atoms with van der Waals surface area (Å²) in [5.41, 5.74) is 0. The molecule has 0 fully saturated rings. The van der Waals surface area contributed by atoms with Gasteiger partial charge in [0.05, 0.1) is 0 Å².